The van der Waals surface area contributed by atoms with Crippen molar-refractivity contribution in [1.29, 1.82) is 0 Å². The van der Waals surface area contributed by atoms with Gasteiger partial charge in [-0.25, -0.2) is 18.0 Å². The smallest absolute Gasteiger partial charge is 0.410 e. The quantitative estimate of drug-likeness (QED) is 0.323. The van der Waals surface area contributed by atoms with Gasteiger partial charge in [0.1, 0.15) is 24.2 Å². The number of nitrogens with zero attached hydrogens (tertiary/aromatic N) is 3. The molecule has 4 aliphatic rings. The van der Waals surface area contributed by atoms with Crippen molar-refractivity contribution in [3.63, 3.8) is 0 Å². The average molecular weight is 743 g/mol. The average Bonchev–Trinajstić information content (AvgIpc) is 3.73. The number of sulfonamides is 1. The first-order chi connectivity index (χ1) is 24.6. The lowest BCUT2D eigenvalue weighted by molar-refractivity contribution is -0.142. The molecule has 0 aromatic heterocycles. The Bertz CT molecular complexity index is 1650. The number of carbonyl (C=O) groups is 5. The summed E-state index contributed by atoms with van der Waals surface area (Å²) >= 11 is 0. The molecule has 1 aliphatic carbocycles. The Balaban J connectivity index is 1.44. The van der Waals surface area contributed by atoms with E-state index in [0.717, 1.165) is 43.2 Å². The number of aryl methyl sites for hydroxylation is 1. The molecule has 3 N–H and O–H groups in total. The maximum Gasteiger partial charge on any atom is 0.410 e. The van der Waals surface area contributed by atoms with Crippen molar-refractivity contribution in [1.82, 2.24) is 30.1 Å². The third kappa shape index (κ3) is 9.25. The van der Waals surface area contributed by atoms with Crippen molar-refractivity contribution in [3.05, 3.63) is 47.5 Å². The maximum atomic E-state index is 14.5. The third-order valence-electron chi connectivity index (χ3n) is 10.2. The number of fused-ring (bicyclic) bond motifs is 3. The fraction of sp³-hybridized carbons (Fsp3) is 0.649. The largest absolute Gasteiger partial charge is 0.444 e. The Morgan fingerprint density at radius 1 is 1.10 bits per heavy atom. The van der Waals surface area contributed by atoms with E-state index in [0.29, 0.717) is 39.0 Å². The Kier molecular flexibility index (Phi) is 12.2. The van der Waals surface area contributed by atoms with Crippen LogP contribution < -0.4 is 15.4 Å². The lowest BCUT2D eigenvalue weighted by atomic mass is 9.85. The number of urea groups is 1. The standard InChI is InChI=1S/C37H54N6O8S/c1-6-12-29(32(44)40-52(49,50)27-16-17-27)38-33(45)30-20-26-22-43(30)34(46)31(37(3,4)5)39-35(47)41(18-7-2)19-10-8-9-13-24-14-11-15-25-21-42(23-28(24)25)36(48)51-26/h6,11,14-15,26-27,29-31H,1,7-10,12-13,16-23H2,2-5H3,(H,38,45)(H,39,47)(H,40,44)/t26-,29?,30+,31-/m1/s1. The Morgan fingerprint density at radius 3 is 2.50 bits per heavy atom. The number of ether oxygens (including phenoxy) is 1. The summed E-state index contributed by atoms with van der Waals surface area (Å²) in [7, 11) is -3.89. The minimum atomic E-state index is -3.89. The Hall–Kier alpha value is -4.14. The van der Waals surface area contributed by atoms with Gasteiger partial charge in [-0.1, -0.05) is 58.4 Å². The van der Waals surface area contributed by atoms with Crippen LogP contribution in [-0.2, 0) is 48.7 Å². The van der Waals surface area contributed by atoms with Crippen LogP contribution in [0.25, 0.3) is 0 Å². The number of nitrogens with one attached hydrogen (secondary N) is 3. The van der Waals surface area contributed by atoms with Crippen LogP contribution >= 0.6 is 0 Å². The number of hydrogen-bond acceptors (Lipinski definition) is 8. The van der Waals surface area contributed by atoms with Crippen LogP contribution in [0.15, 0.2) is 30.9 Å². The fourth-order valence-electron chi connectivity index (χ4n) is 7.19. The van der Waals surface area contributed by atoms with Gasteiger partial charge in [-0.2, -0.15) is 0 Å². The molecule has 14 nitrogen and oxygen atoms in total. The van der Waals surface area contributed by atoms with Crippen LogP contribution in [-0.4, -0.2) is 102 Å². The van der Waals surface area contributed by atoms with Crippen LogP contribution in [0.4, 0.5) is 9.59 Å². The SMILES string of the molecule is C=CCC(NC(=O)[C@@H]1C[C@@H]2CN1C(=O)[C@H](C(C)(C)C)NC(=O)N(CCC)CCCCCc1cccc3c1CN(C3)C(=O)O2)C(=O)NS(=O)(=O)C1CC1. The molecule has 3 aliphatic heterocycles. The first kappa shape index (κ1) is 39.1. The van der Waals surface area contributed by atoms with Gasteiger partial charge >= 0.3 is 12.1 Å². The molecule has 6 amide bonds. The van der Waals surface area contributed by atoms with Crippen molar-refractivity contribution < 1.29 is 37.1 Å². The highest BCUT2D eigenvalue weighted by atomic mass is 32.2. The molecule has 3 heterocycles. The molecule has 2 fully saturated rings. The van der Waals surface area contributed by atoms with E-state index in [1.807, 2.05) is 39.8 Å². The second-order valence-electron chi connectivity index (χ2n) is 15.5. The van der Waals surface area contributed by atoms with Crippen LogP contribution in [0, 0.1) is 5.41 Å². The highest BCUT2D eigenvalue weighted by Gasteiger charge is 2.47. The first-order valence-corrected chi connectivity index (χ1v) is 20.0. The van der Waals surface area contributed by atoms with Gasteiger partial charge in [0, 0.05) is 32.6 Å². The van der Waals surface area contributed by atoms with Gasteiger partial charge in [0.15, 0.2) is 0 Å². The number of hydrogen-bond donors (Lipinski definition) is 3. The van der Waals surface area contributed by atoms with Crippen LogP contribution in [0.3, 0.4) is 0 Å². The van der Waals surface area contributed by atoms with Crippen LogP contribution in [0.1, 0.15) is 95.8 Å². The van der Waals surface area contributed by atoms with E-state index >= 15 is 0 Å². The van der Waals surface area contributed by atoms with Crippen molar-refractivity contribution in [2.45, 2.75) is 128 Å². The molecule has 1 saturated heterocycles. The van der Waals surface area contributed by atoms with Gasteiger partial charge in [0.2, 0.25) is 21.8 Å². The number of carbonyl (C=O) groups excluding carboxylic acids is 5. The van der Waals surface area contributed by atoms with E-state index in [1.165, 1.54) is 16.5 Å². The van der Waals surface area contributed by atoms with Crippen molar-refractivity contribution in [2.75, 3.05) is 19.6 Å². The zero-order valence-corrected chi connectivity index (χ0v) is 31.6. The van der Waals surface area contributed by atoms with Gasteiger partial charge in [-0.3, -0.25) is 24.0 Å². The van der Waals surface area contributed by atoms with Gasteiger partial charge in [0.05, 0.1) is 11.8 Å². The monoisotopic (exact) mass is 742 g/mol. The van der Waals surface area contributed by atoms with Gasteiger partial charge in [-0.05, 0) is 67.1 Å². The van der Waals surface area contributed by atoms with E-state index in [1.54, 1.807) is 9.80 Å². The summed E-state index contributed by atoms with van der Waals surface area (Å²) in [5.74, 6) is -2.16. The number of benzene rings is 1. The van der Waals surface area contributed by atoms with E-state index < -0.39 is 68.7 Å². The molecule has 1 aromatic rings. The molecule has 0 radical (unpaired) electrons. The zero-order valence-electron chi connectivity index (χ0n) is 30.8. The topological polar surface area (TPSA) is 175 Å². The molecule has 1 saturated carbocycles. The Morgan fingerprint density at radius 2 is 1.83 bits per heavy atom. The fourth-order valence-corrected chi connectivity index (χ4v) is 8.54. The summed E-state index contributed by atoms with van der Waals surface area (Å²) in [6.45, 7) is 12.8. The molecular formula is C37H54N6O8S. The minimum Gasteiger partial charge on any atom is -0.444 e. The second kappa shape index (κ2) is 16.3. The summed E-state index contributed by atoms with van der Waals surface area (Å²) in [6, 6.07) is 2.20. The molecule has 15 heteroatoms. The highest BCUT2D eigenvalue weighted by Crippen LogP contribution is 2.31. The Labute approximate surface area is 307 Å². The summed E-state index contributed by atoms with van der Waals surface area (Å²) < 4.78 is 33.1. The summed E-state index contributed by atoms with van der Waals surface area (Å²) in [4.78, 5) is 73.7. The number of rotatable bonds is 9. The van der Waals surface area contributed by atoms with E-state index in [9.17, 15) is 32.4 Å². The minimum absolute atomic E-state index is 0.0646. The molecule has 0 spiro atoms. The first-order valence-electron chi connectivity index (χ1n) is 18.5. The summed E-state index contributed by atoms with van der Waals surface area (Å²) in [5.41, 5.74) is 2.56. The highest BCUT2D eigenvalue weighted by molar-refractivity contribution is 7.90. The van der Waals surface area contributed by atoms with Gasteiger partial charge in [0.25, 0.3) is 5.91 Å². The van der Waals surface area contributed by atoms with E-state index in [2.05, 4.69) is 28.0 Å². The lowest BCUT2D eigenvalue weighted by Gasteiger charge is -2.36. The zero-order chi connectivity index (χ0) is 37.8. The van der Waals surface area contributed by atoms with Crippen molar-refractivity contribution >= 4 is 39.9 Å². The van der Waals surface area contributed by atoms with E-state index in [4.69, 9.17) is 4.74 Å². The molecular weight excluding hydrogens is 689 g/mol. The maximum absolute atomic E-state index is 14.5. The molecule has 52 heavy (non-hydrogen) atoms. The summed E-state index contributed by atoms with van der Waals surface area (Å²) in [5, 5.41) is 4.94. The number of amides is 6. The normalized spacial score (nSPS) is 23.9. The van der Waals surface area contributed by atoms with Crippen molar-refractivity contribution in [2.24, 2.45) is 5.41 Å². The van der Waals surface area contributed by atoms with Crippen molar-refractivity contribution in [3.8, 4) is 0 Å². The molecule has 5 rings (SSSR count). The molecule has 1 aromatic carbocycles. The second-order valence-corrected chi connectivity index (χ2v) is 17.5. The molecule has 1 unspecified atom stereocenters. The molecule has 286 valence electrons. The van der Waals surface area contributed by atoms with E-state index in [-0.39, 0.29) is 25.4 Å². The van der Waals surface area contributed by atoms with Gasteiger partial charge in [-0.15, -0.1) is 6.58 Å². The molecule has 4 atom stereocenters. The van der Waals surface area contributed by atoms with Gasteiger partial charge < -0.3 is 25.2 Å². The summed E-state index contributed by atoms with van der Waals surface area (Å²) in [6.07, 6.45) is 4.92. The van der Waals surface area contributed by atoms with Crippen LogP contribution in [0.2, 0.25) is 0 Å². The third-order valence-corrected chi connectivity index (χ3v) is 12.1. The molecule has 4 bridgehead atoms. The predicted molar refractivity (Wildman–Crippen MR) is 194 cm³/mol. The lowest BCUT2D eigenvalue weighted by Crippen LogP contribution is -2.60. The predicted octanol–water partition coefficient (Wildman–Crippen LogP) is 3.34. The van der Waals surface area contributed by atoms with Crippen LogP contribution in [0.5, 0.6) is 0 Å².